The number of ether oxygens (including phenoxy) is 1. The second-order valence-electron chi connectivity index (χ2n) is 4.00. The van der Waals surface area contributed by atoms with Gasteiger partial charge in [0.25, 0.3) is 0 Å². The van der Waals surface area contributed by atoms with E-state index in [4.69, 9.17) is 4.74 Å². The molecule has 92 valence electrons. The number of carbonyl (C=O) groups excluding carboxylic acids is 1. The topological polar surface area (TPSA) is 46.5 Å². The fourth-order valence-electron chi connectivity index (χ4n) is 1.55. The van der Waals surface area contributed by atoms with E-state index in [1.807, 2.05) is 6.07 Å². The lowest BCUT2D eigenvalue weighted by molar-refractivity contribution is 0.0734. The third-order valence-corrected chi connectivity index (χ3v) is 2.58. The van der Waals surface area contributed by atoms with E-state index in [-0.39, 0.29) is 5.97 Å². The van der Waals surface area contributed by atoms with Crippen molar-refractivity contribution in [3.63, 3.8) is 0 Å². The summed E-state index contributed by atoms with van der Waals surface area (Å²) in [5.74, 6) is 0.0775. The average molecular weight is 242 g/mol. The first-order valence-electron chi connectivity index (χ1n) is 5.72. The highest BCUT2D eigenvalue weighted by Gasteiger charge is 2.08. The zero-order valence-electron chi connectivity index (χ0n) is 10.0. The molecular weight excluding hydrogens is 228 g/mol. The van der Waals surface area contributed by atoms with Gasteiger partial charge in [0.05, 0.1) is 11.7 Å². The molecule has 18 heavy (non-hydrogen) atoms. The molecule has 0 amide bonds. The maximum atomic E-state index is 11.8. The smallest absolute Gasteiger partial charge is 0.343 e. The van der Waals surface area contributed by atoms with Crippen LogP contribution < -0.4 is 4.74 Å². The summed E-state index contributed by atoms with van der Waals surface area (Å²) in [6.45, 7) is 1.69. The first-order valence-corrected chi connectivity index (χ1v) is 5.72. The Morgan fingerprint density at radius 1 is 1.06 bits per heavy atom. The number of hydrogen-bond acceptors (Lipinski definition) is 3. The van der Waals surface area contributed by atoms with Crippen LogP contribution in [0.25, 0.3) is 0 Å². The van der Waals surface area contributed by atoms with Crippen molar-refractivity contribution in [2.45, 2.75) is 13.0 Å². The first kappa shape index (κ1) is 12.3. The fraction of sp³-hybridized carbons (Fsp3) is 0.133. The molecule has 0 bridgehead atoms. The van der Waals surface area contributed by atoms with Crippen molar-refractivity contribution in [3.05, 3.63) is 65.7 Å². The van der Waals surface area contributed by atoms with Crippen LogP contribution in [0.15, 0.2) is 54.6 Å². The van der Waals surface area contributed by atoms with Crippen molar-refractivity contribution in [1.29, 1.82) is 0 Å². The van der Waals surface area contributed by atoms with Gasteiger partial charge in [-0.3, -0.25) is 0 Å². The molecule has 0 fully saturated rings. The molecule has 0 radical (unpaired) electrons. The molecular formula is C15H14O3. The maximum Gasteiger partial charge on any atom is 0.343 e. The Kier molecular flexibility index (Phi) is 3.75. The number of benzene rings is 2. The third-order valence-electron chi connectivity index (χ3n) is 2.58. The van der Waals surface area contributed by atoms with Crippen LogP contribution in [-0.4, -0.2) is 11.1 Å². The van der Waals surface area contributed by atoms with E-state index < -0.39 is 6.10 Å². The summed E-state index contributed by atoms with van der Waals surface area (Å²) in [6.07, 6.45) is -0.524. The minimum atomic E-state index is -0.524. The molecule has 0 aliphatic carbocycles. The summed E-state index contributed by atoms with van der Waals surface area (Å²) in [7, 11) is 0. The standard InChI is InChI=1S/C15H14O3/c1-11(16)12-7-9-14(10-8-12)18-15(17)13-5-3-2-4-6-13/h2-11,16H,1H3. The number of esters is 1. The van der Waals surface area contributed by atoms with Crippen molar-refractivity contribution in [1.82, 2.24) is 0 Å². The van der Waals surface area contributed by atoms with Crippen LogP contribution in [0.4, 0.5) is 0 Å². The SMILES string of the molecule is CC(O)c1ccc(OC(=O)c2ccccc2)cc1. The predicted octanol–water partition coefficient (Wildman–Crippen LogP) is 2.96. The molecule has 2 aromatic rings. The lowest BCUT2D eigenvalue weighted by Gasteiger charge is -2.07. The van der Waals surface area contributed by atoms with Gasteiger partial charge < -0.3 is 9.84 Å². The van der Waals surface area contributed by atoms with Crippen LogP contribution in [0.3, 0.4) is 0 Å². The Bertz CT molecular complexity index is 515. The normalized spacial score (nSPS) is 11.9. The molecule has 0 aromatic heterocycles. The Labute approximate surface area is 106 Å². The predicted molar refractivity (Wildman–Crippen MR) is 68.5 cm³/mol. The fourth-order valence-corrected chi connectivity index (χ4v) is 1.55. The van der Waals surface area contributed by atoms with Crippen LogP contribution in [0.5, 0.6) is 5.75 Å². The molecule has 0 spiro atoms. The van der Waals surface area contributed by atoms with Gasteiger partial charge in [-0.05, 0) is 36.8 Å². The summed E-state index contributed by atoms with van der Waals surface area (Å²) >= 11 is 0. The van der Waals surface area contributed by atoms with Crippen molar-refractivity contribution in [2.24, 2.45) is 0 Å². The van der Waals surface area contributed by atoms with Crippen LogP contribution in [0.2, 0.25) is 0 Å². The second-order valence-corrected chi connectivity index (χ2v) is 4.00. The number of aliphatic hydroxyl groups is 1. The van der Waals surface area contributed by atoms with Gasteiger partial charge in [-0.2, -0.15) is 0 Å². The van der Waals surface area contributed by atoms with Gasteiger partial charge in [0, 0.05) is 0 Å². The third kappa shape index (κ3) is 2.96. The molecule has 0 aliphatic rings. The van der Waals surface area contributed by atoms with Crippen molar-refractivity contribution in [3.8, 4) is 5.75 Å². The lowest BCUT2D eigenvalue weighted by Crippen LogP contribution is -2.08. The van der Waals surface area contributed by atoms with Gasteiger partial charge in [-0.15, -0.1) is 0 Å². The molecule has 3 heteroatoms. The van der Waals surface area contributed by atoms with Crippen molar-refractivity contribution >= 4 is 5.97 Å². The zero-order valence-corrected chi connectivity index (χ0v) is 10.0. The average Bonchev–Trinajstić information content (AvgIpc) is 2.40. The molecule has 0 aliphatic heterocycles. The van der Waals surface area contributed by atoms with E-state index in [1.54, 1.807) is 55.5 Å². The number of aliphatic hydroxyl groups excluding tert-OH is 1. The van der Waals surface area contributed by atoms with Crippen LogP contribution in [-0.2, 0) is 0 Å². The van der Waals surface area contributed by atoms with E-state index in [9.17, 15) is 9.90 Å². The van der Waals surface area contributed by atoms with Gasteiger partial charge in [0.2, 0.25) is 0 Å². The highest BCUT2D eigenvalue weighted by Crippen LogP contribution is 2.18. The molecule has 1 unspecified atom stereocenters. The molecule has 1 N–H and O–H groups in total. The van der Waals surface area contributed by atoms with E-state index >= 15 is 0 Å². The van der Waals surface area contributed by atoms with Crippen LogP contribution in [0, 0.1) is 0 Å². The Morgan fingerprint density at radius 2 is 1.67 bits per heavy atom. The van der Waals surface area contributed by atoms with E-state index in [0.717, 1.165) is 5.56 Å². The Hall–Kier alpha value is -2.13. The number of hydrogen-bond donors (Lipinski definition) is 1. The van der Waals surface area contributed by atoms with Crippen molar-refractivity contribution < 1.29 is 14.6 Å². The number of rotatable bonds is 3. The summed E-state index contributed by atoms with van der Waals surface area (Å²) in [5.41, 5.74) is 1.30. The molecule has 2 aromatic carbocycles. The van der Waals surface area contributed by atoms with E-state index in [0.29, 0.717) is 11.3 Å². The van der Waals surface area contributed by atoms with Gasteiger partial charge >= 0.3 is 5.97 Å². The summed E-state index contributed by atoms with van der Waals surface area (Å²) in [5, 5.41) is 9.37. The largest absolute Gasteiger partial charge is 0.423 e. The molecule has 3 nitrogen and oxygen atoms in total. The minimum Gasteiger partial charge on any atom is -0.423 e. The maximum absolute atomic E-state index is 11.8. The molecule has 0 saturated heterocycles. The first-order chi connectivity index (χ1) is 8.66. The van der Waals surface area contributed by atoms with Crippen LogP contribution >= 0.6 is 0 Å². The van der Waals surface area contributed by atoms with Gasteiger partial charge in [-0.25, -0.2) is 4.79 Å². The quantitative estimate of drug-likeness (QED) is 0.665. The molecule has 0 heterocycles. The monoisotopic (exact) mass is 242 g/mol. The Balaban J connectivity index is 2.08. The number of carbonyl (C=O) groups is 1. The Morgan fingerprint density at radius 3 is 2.22 bits per heavy atom. The van der Waals surface area contributed by atoms with Crippen molar-refractivity contribution in [2.75, 3.05) is 0 Å². The summed E-state index contributed by atoms with van der Waals surface area (Å²) < 4.78 is 5.21. The highest BCUT2D eigenvalue weighted by atomic mass is 16.5. The van der Waals surface area contributed by atoms with Gasteiger partial charge in [-0.1, -0.05) is 30.3 Å². The summed E-state index contributed by atoms with van der Waals surface area (Å²) in [4.78, 5) is 11.8. The molecule has 2 rings (SSSR count). The molecule has 0 saturated carbocycles. The summed E-state index contributed by atoms with van der Waals surface area (Å²) in [6, 6.07) is 15.6. The van der Waals surface area contributed by atoms with E-state index in [2.05, 4.69) is 0 Å². The van der Waals surface area contributed by atoms with Crippen LogP contribution in [0.1, 0.15) is 28.9 Å². The van der Waals surface area contributed by atoms with Gasteiger partial charge in [0.15, 0.2) is 0 Å². The van der Waals surface area contributed by atoms with Gasteiger partial charge in [0.1, 0.15) is 5.75 Å². The minimum absolute atomic E-state index is 0.389. The molecule has 1 atom stereocenters. The van der Waals surface area contributed by atoms with E-state index in [1.165, 1.54) is 0 Å². The second kappa shape index (κ2) is 5.47. The zero-order chi connectivity index (χ0) is 13.0. The lowest BCUT2D eigenvalue weighted by atomic mass is 10.1. The highest BCUT2D eigenvalue weighted by molar-refractivity contribution is 5.90.